The monoisotopic (exact) mass is 518 g/mol. The molecular weight excluding hydrogens is 495 g/mol. The van der Waals surface area contributed by atoms with Gasteiger partial charge < -0.3 is 20.1 Å². The number of pyridine rings is 1. The van der Waals surface area contributed by atoms with Crippen molar-refractivity contribution in [2.45, 2.75) is 13.0 Å². The number of carbonyl (C=O) groups excluding carboxylic acids is 1. The van der Waals surface area contributed by atoms with Crippen molar-refractivity contribution in [2.24, 2.45) is 4.99 Å². The lowest BCUT2D eigenvalue weighted by molar-refractivity contribution is 0.0597. The Hall–Kier alpha value is -2.07. The van der Waals surface area contributed by atoms with Crippen LogP contribution in [-0.4, -0.2) is 44.7 Å². The van der Waals surface area contributed by atoms with E-state index in [0.29, 0.717) is 35.5 Å². The number of benzene rings is 1. The van der Waals surface area contributed by atoms with Gasteiger partial charge in [-0.25, -0.2) is 9.78 Å². The third-order valence-electron chi connectivity index (χ3n) is 3.85. The molecule has 0 atom stereocenters. The molecule has 0 fully saturated rings. The van der Waals surface area contributed by atoms with E-state index in [1.165, 1.54) is 14.2 Å². The second-order valence-electron chi connectivity index (χ2n) is 5.62. The van der Waals surface area contributed by atoms with Gasteiger partial charge in [-0.05, 0) is 35.7 Å². The van der Waals surface area contributed by atoms with Crippen LogP contribution in [0.2, 0.25) is 5.15 Å². The highest BCUT2D eigenvalue weighted by molar-refractivity contribution is 14.0. The van der Waals surface area contributed by atoms with E-state index in [9.17, 15) is 4.79 Å². The van der Waals surface area contributed by atoms with Gasteiger partial charge in [0.1, 0.15) is 16.5 Å². The van der Waals surface area contributed by atoms with Crippen molar-refractivity contribution in [1.82, 2.24) is 15.6 Å². The Morgan fingerprint density at radius 1 is 1.18 bits per heavy atom. The number of guanidine groups is 1. The first-order valence-corrected chi connectivity index (χ1v) is 8.75. The molecule has 0 aliphatic heterocycles. The van der Waals surface area contributed by atoms with Crippen LogP contribution in [0.5, 0.6) is 5.75 Å². The van der Waals surface area contributed by atoms with Crippen molar-refractivity contribution in [3.8, 4) is 5.75 Å². The van der Waals surface area contributed by atoms with Crippen LogP contribution in [-0.2, 0) is 17.7 Å². The van der Waals surface area contributed by atoms with Gasteiger partial charge in [-0.1, -0.05) is 23.7 Å². The number of ether oxygens (including phenoxy) is 2. The predicted molar refractivity (Wildman–Crippen MR) is 121 cm³/mol. The summed E-state index contributed by atoms with van der Waals surface area (Å²) in [5.41, 5.74) is 2.37. The third kappa shape index (κ3) is 7.16. The molecular formula is C19H24ClIN4O3. The highest BCUT2D eigenvalue weighted by Crippen LogP contribution is 2.20. The lowest BCUT2D eigenvalue weighted by Gasteiger charge is -2.13. The summed E-state index contributed by atoms with van der Waals surface area (Å²) in [4.78, 5) is 20.1. The first kappa shape index (κ1) is 24.0. The second-order valence-corrected chi connectivity index (χ2v) is 6.01. The summed E-state index contributed by atoms with van der Waals surface area (Å²) in [5, 5.41) is 6.93. The van der Waals surface area contributed by atoms with E-state index in [1.807, 2.05) is 12.1 Å². The number of hydrogen-bond donors (Lipinski definition) is 2. The number of carbonyl (C=O) groups is 1. The maximum Gasteiger partial charge on any atom is 0.341 e. The van der Waals surface area contributed by atoms with E-state index < -0.39 is 5.97 Å². The van der Waals surface area contributed by atoms with E-state index in [4.69, 9.17) is 21.1 Å². The van der Waals surface area contributed by atoms with Gasteiger partial charge in [0, 0.05) is 26.3 Å². The predicted octanol–water partition coefficient (Wildman–Crippen LogP) is 3.06. The summed E-state index contributed by atoms with van der Waals surface area (Å²) in [6.07, 6.45) is 2.55. The molecule has 0 spiro atoms. The quantitative estimate of drug-likeness (QED) is 0.193. The van der Waals surface area contributed by atoms with Gasteiger partial charge in [0.05, 0.1) is 14.2 Å². The highest BCUT2D eigenvalue weighted by Gasteiger charge is 2.13. The minimum Gasteiger partial charge on any atom is -0.496 e. The lowest BCUT2D eigenvalue weighted by atomic mass is 10.1. The molecule has 0 radical (unpaired) electrons. The maximum absolute atomic E-state index is 11.9. The number of nitrogens with zero attached hydrogens (tertiary/aromatic N) is 2. The van der Waals surface area contributed by atoms with Crippen LogP contribution < -0.4 is 15.4 Å². The summed E-state index contributed by atoms with van der Waals surface area (Å²) >= 11 is 5.78. The fourth-order valence-corrected chi connectivity index (χ4v) is 2.53. The van der Waals surface area contributed by atoms with E-state index in [1.54, 1.807) is 31.4 Å². The maximum atomic E-state index is 11.9. The fraction of sp³-hybridized carbons (Fsp3) is 0.316. The average Bonchev–Trinajstić information content (AvgIpc) is 2.71. The molecule has 28 heavy (non-hydrogen) atoms. The number of methoxy groups -OCH3 is 2. The van der Waals surface area contributed by atoms with Crippen LogP contribution in [0.15, 0.2) is 41.5 Å². The van der Waals surface area contributed by atoms with Crippen molar-refractivity contribution in [2.75, 3.05) is 27.8 Å². The SMILES string of the molecule is CN=C(NCCc1ccc(Cl)nc1)NCc1ccc(OC)c(C(=O)OC)c1.I. The molecule has 0 unspecified atom stereocenters. The summed E-state index contributed by atoms with van der Waals surface area (Å²) in [7, 11) is 4.56. The smallest absolute Gasteiger partial charge is 0.341 e. The lowest BCUT2D eigenvalue weighted by Crippen LogP contribution is -2.37. The van der Waals surface area contributed by atoms with Crippen LogP contribution in [0.1, 0.15) is 21.5 Å². The first-order valence-electron chi connectivity index (χ1n) is 8.37. The largest absolute Gasteiger partial charge is 0.496 e. The minimum atomic E-state index is -0.437. The fourth-order valence-electron chi connectivity index (χ4n) is 2.42. The van der Waals surface area contributed by atoms with Crippen molar-refractivity contribution in [3.63, 3.8) is 0 Å². The molecule has 0 saturated carbocycles. The van der Waals surface area contributed by atoms with Gasteiger partial charge in [0.15, 0.2) is 5.96 Å². The summed E-state index contributed by atoms with van der Waals surface area (Å²) in [6.45, 7) is 1.19. The van der Waals surface area contributed by atoms with E-state index in [0.717, 1.165) is 17.5 Å². The number of aromatic nitrogens is 1. The van der Waals surface area contributed by atoms with Gasteiger partial charge in [0.2, 0.25) is 0 Å². The molecule has 2 aromatic rings. The van der Waals surface area contributed by atoms with Crippen LogP contribution >= 0.6 is 35.6 Å². The molecule has 1 aromatic heterocycles. The number of halogens is 2. The molecule has 152 valence electrons. The Bertz CT molecular complexity index is 800. The zero-order valence-electron chi connectivity index (χ0n) is 16.0. The number of hydrogen-bond acceptors (Lipinski definition) is 5. The van der Waals surface area contributed by atoms with Gasteiger partial charge >= 0.3 is 5.97 Å². The van der Waals surface area contributed by atoms with Crippen molar-refractivity contribution < 1.29 is 14.3 Å². The Morgan fingerprint density at radius 2 is 1.93 bits per heavy atom. The van der Waals surface area contributed by atoms with E-state index >= 15 is 0 Å². The zero-order chi connectivity index (χ0) is 19.6. The number of aliphatic imine (C=N–C) groups is 1. The Morgan fingerprint density at radius 3 is 2.54 bits per heavy atom. The highest BCUT2D eigenvalue weighted by atomic mass is 127. The number of rotatable bonds is 7. The van der Waals surface area contributed by atoms with Crippen LogP contribution in [0.3, 0.4) is 0 Å². The van der Waals surface area contributed by atoms with Crippen molar-refractivity contribution >= 4 is 47.5 Å². The third-order valence-corrected chi connectivity index (χ3v) is 4.07. The molecule has 1 heterocycles. The van der Waals surface area contributed by atoms with Crippen LogP contribution in [0.25, 0.3) is 0 Å². The first-order chi connectivity index (χ1) is 13.1. The van der Waals surface area contributed by atoms with Crippen LogP contribution in [0, 0.1) is 0 Å². The topological polar surface area (TPSA) is 84.8 Å². The molecule has 9 heteroatoms. The normalized spacial score (nSPS) is 10.6. The Kier molecular flexibility index (Phi) is 10.6. The summed E-state index contributed by atoms with van der Waals surface area (Å²) in [6, 6.07) is 9.08. The Labute approximate surface area is 186 Å². The number of nitrogens with one attached hydrogen (secondary N) is 2. The van der Waals surface area contributed by atoms with Gasteiger partial charge in [-0.3, -0.25) is 4.99 Å². The molecule has 0 aliphatic rings. The minimum absolute atomic E-state index is 0. The second kappa shape index (κ2) is 12.4. The number of esters is 1. The molecule has 7 nitrogen and oxygen atoms in total. The van der Waals surface area contributed by atoms with Gasteiger partial charge in [0.25, 0.3) is 0 Å². The zero-order valence-corrected chi connectivity index (χ0v) is 19.1. The summed E-state index contributed by atoms with van der Waals surface area (Å²) < 4.78 is 10.00. The molecule has 0 bridgehead atoms. The van der Waals surface area contributed by atoms with Crippen molar-refractivity contribution in [3.05, 3.63) is 58.4 Å². The molecule has 0 aliphatic carbocycles. The molecule has 2 N–H and O–H groups in total. The summed E-state index contributed by atoms with van der Waals surface area (Å²) in [5.74, 6) is 0.699. The van der Waals surface area contributed by atoms with Gasteiger partial charge in [-0.2, -0.15) is 0 Å². The molecule has 2 rings (SSSR count). The Balaban J connectivity index is 0.00000392. The van der Waals surface area contributed by atoms with Gasteiger partial charge in [-0.15, -0.1) is 24.0 Å². The molecule has 1 aromatic carbocycles. The van der Waals surface area contributed by atoms with Crippen molar-refractivity contribution in [1.29, 1.82) is 0 Å². The molecule has 0 saturated heterocycles. The van der Waals surface area contributed by atoms with E-state index in [2.05, 4.69) is 20.6 Å². The average molecular weight is 519 g/mol. The molecule has 0 amide bonds. The standard InChI is InChI=1S/C19H23ClN4O3.HI/c1-21-19(22-9-8-13-5-7-17(20)23-11-13)24-12-14-4-6-16(26-2)15(10-14)18(25)27-3;/h4-7,10-11H,8-9,12H2,1-3H3,(H2,21,22,24);1H. The van der Waals surface area contributed by atoms with E-state index in [-0.39, 0.29) is 24.0 Å². The van der Waals surface area contributed by atoms with Crippen LogP contribution in [0.4, 0.5) is 0 Å².